The van der Waals surface area contributed by atoms with Gasteiger partial charge in [0, 0.05) is 16.7 Å². The van der Waals surface area contributed by atoms with Gasteiger partial charge in [0.1, 0.15) is 5.76 Å². The Kier molecular flexibility index (Phi) is 3.58. The molecule has 2 aromatic rings. The van der Waals surface area contributed by atoms with Crippen molar-refractivity contribution in [1.29, 1.82) is 0 Å². The fourth-order valence-corrected chi connectivity index (χ4v) is 1.67. The van der Waals surface area contributed by atoms with Crippen LogP contribution in [-0.2, 0) is 0 Å². The Bertz CT molecular complexity index is 583. The highest BCUT2D eigenvalue weighted by atomic mass is 79.9. The Morgan fingerprint density at radius 2 is 2.28 bits per heavy atom. The quantitative estimate of drug-likeness (QED) is 0.588. The molecular formula is C10H10BrN5O2. The average Bonchev–Trinajstić information content (AvgIpc) is 2.74. The minimum atomic E-state index is -0.384. The van der Waals surface area contributed by atoms with Crippen LogP contribution in [0.3, 0.4) is 0 Å². The van der Waals surface area contributed by atoms with Crippen LogP contribution in [0.4, 0.5) is 11.6 Å². The van der Waals surface area contributed by atoms with Crippen LogP contribution in [0.1, 0.15) is 16.1 Å². The van der Waals surface area contributed by atoms with Gasteiger partial charge in [-0.3, -0.25) is 4.79 Å². The predicted octanol–water partition coefficient (Wildman–Crippen LogP) is 1.68. The van der Waals surface area contributed by atoms with Gasteiger partial charge in [0.2, 0.25) is 0 Å². The van der Waals surface area contributed by atoms with E-state index in [0.717, 1.165) is 0 Å². The molecule has 0 aliphatic rings. The zero-order valence-corrected chi connectivity index (χ0v) is 11.0. The molecule has 1 amide bonds. The lowest BCUT2D eigenvalue weighted by molar-refractivity contribution is 0.102. The first-order chi connectivity index (χ1) is 8.60. The standard InChI is InChI=1S/C10H10BrN5O2/c1-5-2-8(16-18-5)14-10(17)7-3-6(11)4-13-9(7)15-12/h2-4H,12H2,1H3,(H,13,15)(H,14,16,17). The number of amides is 1. The van der Waals surface area contributed by atoms with Gasteiger partial charge in [0.15, 0.2) is 11.6 Å². The molecule has 0 aromatic carbocycles. The molecule has 0 aliphatic heterocycles. The van der Waals surface area contributed by atoms with Crippen molar-refractivity contribution < 1.29 is 9.32 Å². The maximum absolute atomic E-state index is 12.0. The highest BCUT2D eigenvalue weighted by molar-refractivity contribution is 9.10. The third-order valence-corrected chi connectivity index (χ3v) is 2.54. The van der Waals surface area contributed by atoms with Crippen molar-refractivity contribution in [2.75, 3.05) is 10.7 Å². The number of rotatable bonds is 3. The summed E-state index contributed by atoms with van der Waals surface area (Å²) in [5.41, 5.74) is 2.66. The molecule has 0 radical (unpaired) electrons. The molecule has 4 N–H and O–H groups in total. The number of nitrogen functional groups attached to an aromatic ring is 1. The van der Waals surface area contributed by atoms with E-state index in [0.29, 0.717) is 21.6 Å². The topological polar surface area (TPSA) is 106 Å². The maximum atomic E-state index is 12.0. The molecule has 7 nitrogen and oxygen atoms in total. The number of aryl methyl sites for hydroxylation is 1. The summed E-state index contributed by atoms with van der Waals surface area (Å²) in [7, 11) is 0. The predicted molar refractivity (Wildman–Crippen MR) is 68.9 cm³/mol. The van der Waals surface area contributed by atoms with Crippen molar-refractivity contribution in [3.63, 3.8) is 0 Å². The Morgan fingerprint density at radius 1 is 1.50 bits per heavy atom. The summed E-state index contributed by atoms with van der Waals surface area (Å²) in [6.07, 6.45) is 1.53. The van der Waals surface area contributed by atoms with E-state index < -0.39 is 0 Å². The van der Waals surface area contributed by atoms with Crippen molar-refractivity contribution in [1.82, 2.24) is 10.1 Å². The van der Waals surface area contributed by atoms with Gasteiger partial charge in [-0.05, 0) is 28.9 Å². The summed E-state index contributed by atoms with van der Waals surface area (Å²) < 4.78 is 5.52. The molecular weight excluding hydrogens is 302 g/mol. The summed E-state index contributed by atoms with van der Waals surface area (Å²) in [5.74, 6) is 6.12. The number of hydrogen-bond donors (Lipinski definition) is 3. The van der Waals surface area contributed by atoms with Gasteiger partial charge in [-0.25, -0.2) is 10.8 Å². The molecule has 0 spiro atoms. The molecule has 0 unspecified atom stereocenters. The number of carbonyl (C=O) groups is 1. The highest BCUT2D eigenvalue weighted by Crippen LogP contribution is 2.18. The van der Waals surface area contributed by atoms with E-state index in [1.165, 1.54) is 6.20 Å². The summed E-state index contributed by atoms with van der Waals surface area (Å²) in [4.78, 5) is 16.0. The van der Waals surface area contributed by atoms with Gasteiger partial charge in [0.25, 0.3) is 5.91 Å². The molecule has 2 heterocycles. The van der Waals surface area contributed by atoms with Crippen LogP contribution in [0.5, 0.6) is 0 Å². The van der Waals surface area contributed by atoms with Crippen LogP contribution in [0.15, 0.2) is 27.3 Å². The fourth-order valence-electron chi connectivity index (χ4n) is 1.34. The van der Waals surface area contributed by atoms with E-state index in [9.17, 15) is 4.79 Å². The van der Waals surface area contributed by atoms with Crippen molar-refractivity contribution in [2.45, 2.75) is 6.92 Å². The second kappa shape index (κ2) is 5.15. The Labute approximate surface area is 111 Å². The fraction of sp³-hybridized carbons (Fsp3) is 0.100. The third kappa shape index (κ3) is 2.66. The zero-order chi connectivity index (χ0) is 13.1. The van der Waals surface area contributed by atoms with Crippen molar-refractivity contribution in [2.24, 2.45) is 5.84 Å². The van der Waals surface area contributed by atoms with Gasteiger partial charge in [-0.2, -0.15) is 0 Å². The monoisotopic (exact) mass is 311 g/mol. The maximum Gasteiger partial charge on any atom is 0.260 e. The first-order valence-corrected chi connectivity index (χ1v) is 5.76. The molecule has 94 valence electrons. The lowest BCUT2D eigenvalue weighted by Gasteiger charge is -2.07. The number of pyridine rings is 1. The molecule has 18 heavy (non-hydrogen) atoms. The largest absolute Gasteiger partial charge is 0.360 e. The highest BCUT2D eigenvalue weighted by Gasteiger charge is 2.14. The molecule has 2 aromatic heterocycles. The number of nitrogens with one attached hydrogen (secondary N) is 2. The van der Waals surface area contributed by atoms with Gasteiger partial charge in [-0.15, -0.1) is 0 Å². The summed E-state index contributed by atoms with van der Waals surface area (Å²) in [6, 6.07) is 3.21. The summed E-state index contributed by atoms with van der Waals surface area (Å²) >= 11 is 3.24. The molecule has 0 saturated heterocycles. The van der Waals surface area contributed by atoms with Gasteiger partial charge < -0.3 is 15.3 Å². The second-order valence-corrected chi connectivity index (χ2v) is 4.39. The van der Waals surface area contributed by atoms with E-state index in [-0.39, 0.29) is 11.7 Å². The van der Waals surface area contributed by atoms with Gasteiger partial charge >= 0.3 is 0 Å². The summed E-state index contributed by atoms with van der Waals surface area (Å²) in [5, 5.41) is 6.25. The Hall–Kier alpha value is -1.93. The van der Waals surface area contributed by atoms with E-state index in [4.69, 9.17) is 10.4 Å². The zero-order valence-electron chi connectivity index (χ0n) is 9.40. The lowest BCUT2D eigenvalue weighted by Crippen LogP contribution is -2.18. The molecule has 0 aliphatic carbocycles. The molecule has 0 atom stereocenters. The van der Waals surface area contributed by atoms with Crippen molar-refractivity contribution in [3.8, 4) is 0 Å². The van der Waals surface area contributed by atoms with Crippen molar-refractivity contribution in [3.05, 3.63) is 34.1 Å². The number of nitrogens with two attached hydrogens (primary N) is 1. The average molecular weight is 312 g/mol. The van der Waals surface area contributed by atoms with E-state index in [1.54, 1.807) is 19.1 Å². The normalized spacial score (nSPS) is 10.2. The number of nitrogens with zero attached hydrogens (tertiary/aromatic N) is 2. The third-order valence-electron chi connectivity index (χ3n) is 2.11. The first-order valence-electron chi connectivity index (χ1n) is 4.97. The number of hydrazine groups is 1. The number of aromatic nitrogens is 2. The van der Waals surface area contributed by atoms with Gasteiger partial charge in [-0.1, -0.05) is 5.16 Å². The van der Waals surface area contributed by atoms with Crippen LogP contribution < -0.4 is 16.6 Å². The van der Waals surface area contributed by atoms with E-state index in [1.807, 2.05) is 0 Å². The van der Waals surface area contributed by atoms with Crippen LogP contribution in [0.25, 0.3) is 0 Å². The molecule has 0 fully saturated rings. The Balaban J connectivity index is 2.25. The molecule has 0 saturated carbocycles. The van der Waals surface area contributed by atoms with Crippen LogP contribution in [0, 0.1) is 6.92 Å². The van der Waals surface area contributed by atoms with E-state index in [2.05, 4.69) is 36.8 Å². The number of anilines is 2. The van der Waals surface area contributed by atoms with Crippen LogP contribution >= 0.6 is 15.9 Å². The van der Waals surface area contributed by atoms with Crippen LogP contribution in [0.2, 0.25) is 0 Å². The minimum absolute atomic E-state index is 0.274. The lowest BCUT2D eigenvalue weighted by atomic mass is 10.2. The van der Waals surface area contributed by atoms with Gasteiger partial charge in [0.05, 0.1) is 5.56 Å². The SMILES string of the molecule is Cc1cc(NC(=O)c2cc(Br)cnc2NN)no1. The second-order valence-electron chi connectivity index (χ2n) is 3.47. The van der Waals surface area contributed by atoms with Crippen LogP contribution in [-0.4, -0.2) is 16.0 Å². The number of hydrogen-bond acceptors (Lipinski definition) is 6. The minimum Gasteiger partial charge on any atom is -0.360 e. The number of carbonyl (C=O) groups excluding carboxylic acids is 1. The Morgan fingerprint density at radius 3 is 2.89 bits per heavy atom. The first kappa shape index (κ1) is 12.5. The molecule has 0 bridgehead atoms. The van der Waals surface area contributed by atoms with E-state index >= 15 is 0 Å². The smallest absolute Gasteiger partial charge is 0.260 e. The summed E-state index contributed by atoms with van der Waals surface area (Å²) in [6.45, 7) is 1.73. The molecule has 2 rings (SSSR count). The van der Waals surface area contributed by atoms with Crippen molar-refractivity contribution >= 4 is 33.5 Å². The molecule has 8 heteroatoms. The number of halogens is 1.